The van der Waals surface area contributed by atoms with Crippen molar-refractivity contribution in [1.29, 1.82) is 0 Å². The number of nitrogens with zero attached hydrogens (tertiary/aromatic N) is 1. The van der Waals surface area contributed by atoms with Crippen LogP contribution in [0.5, 0.6) is 0 Å². The lowest BCUT2D eigenvalue weighted by Crippen LogP contribution is -2.11. The van der Waals surface area contributed by atoms with Gasteiger partial charge >= 0.3 is 0 Å². The van der Waals surface area contributed by atoms with Crippen molar-refractivity contribution in [3.63, 3.8) is 0 Å². The first kappa shape index (κ1) is 36.8. The molecule has 1 N–H and O–H groups in total. The molecule has 0 amide bonds. The number of nitrogens with one attached hydrogen (secondary N) is 1. The van der Waals surface area contributed by atoms with Gasteiger partial charge in [0.1, 0.15) is 0 Å². The predicted molar refractivity (Wildman–Crippen MR) is 265 cm³/mol. The van der Waals surface area contributed by atoms with Crippen molar-refractivity contribution >= 4 is 60.8 Å². The maximum atomic E-state index is 3.85. The average Bonchev–Trinajstić information content (AvgIpc) is 3.35. The van der Waals surface area contributed by atoms with Crippen molar-refractivity contribution in [1.82, 2.24) is 0 Å². The minimum atomic E-state index is 1.01. The highest BCUT2D eigenvalue weighted by Crippen LogP contribution is 2.45. The van der Waals surface area contributed by atoms with Gasteiger partial charge in [0.15, 0.2) is 0 Å². The summed E-state index contributed by atoms with van der Waals surface area (Å²) in [6.07, 6.45) is 0. The highest BCUT2D eigenvalue weighted by atomic mass is 15.1. The molecule has 0 heterocycles. The van der Waals surface area contributed by atoms with Crippen molar-refractivity contribution in [2.24, 2.45) is 0 Å². The maximum Gasteiger partial charge on any atom is 0.0540 e. The van der Waals surface area contributed by atoms with E-state index in [-0.39, 0.29) is 0 Å². The molecule has 0 aliphatic heterocycles. The smallest absolute Gasteiger partial charge is 0.0540 e. The predicted octanol–water partition coefficient (Wildman–Crippen LogP) is 17.0. The van der Waals surface area contributed by atoms with E-state index in [4.69, 9.17) is 0 Å². The molecule has 0 aliphatic rings. The summed E-state index contributed by atoms with van der Waals surface area (Å²) in [5, 5.41) is 11.4. The van der Waals surface area contributed by atoms with E-state index in [1.165, 1.54) is 60.1 Å². The molecular formula is C60H42N2. The SMILES string of the molecule is c1ccc(-c2ccc(N(c3ccc(Nc4ccccc4-c4cc5ccccc5c5ccc6ccccc6c45)cc3)c3ccc(-c4ccccc4)cc3-c3ccccc3)cc2)cc1. The van der Waals surface area contributed by atoms with E-state index in [1.807, 2.05) is 0 Å². The van der Waals surface area contributed by atoms with Gasteiger partial charge < -0.3 is 10.2 Å². The molecule has 0 aromatic heterocycles. The third kappa shape index (κ3) is 6.94. The van der Waals surface area contributed by atoms with Gasteiger partial charge in [-0.1, -0.05) is 188 Å². The Labute approximate surface area is 362 Å². The van der Waals surface area contributed by atoms with Gasteiger partial charge in [-0.15, -0.1) is 0 Å². The number of para-hydroxylation sites is 1. The molecule has 0 unspecified atom stereocenters. The van der Waals surface area contributed by atoms with Crippen molar-refractivity contribution < 1.29 is 0 Å². The van der Waals surface area contributed by atoms with Gasteiger partial charge in [0.2, 0.25) is 0 Å². The second-order valence-corrected chi connectivity index (χ2v) is 15.8. The number of rotatable bonds is 9. The molecule has 11 rings (SSSR count). The van der Waals surface area contributed by atoms with Crippen LogP contribution in [-0.4, -0.2) is 0 Å². The van der Waals surface area contributed by atoms with E-state index in [9.17, 15) is 0 Å². The third-order valence-electron chi connectivity index (χ3n) is 12.0. The molecule has 11 aromatic carbocycles. The summed E-state index contributed by atoms with van der Waals surface area (Å²) in [4.78, 5) is 2.38. The summed E-state index contributed by atoms with van der Waals surface area (Å²) in [5.74, 6) is 0. The average molecular weight is 791 g/mol. The van der Waals surface area contributed by atoms with Crippen LogP contribution in [-0.2, 0) is 0 Å². The van der Waals surface area contributed by atoms with Crippen LogP contribution in [0.1, 0.15) is 0 Å². The summed E-state index contributed by atoms with van der Waals surface area (Å²) >= 11 is 0. The monoisotopic (exact) mass is 790 g/mol. The van der Waals surface area contributed by atoms with Crippen LogP contribution in [0.15, 0.2) is 249 Å². The molecule has 0 spiro atoms. The highest BCUT2D eigenvalue weighted by Gasteiger charge is 2.20. The van der Waals surface area contributed by atoms with E-state index >= 15 is 0 Å². The Morgan fingerprint density at radius 3 is 1.53 bits per heavy atom. The molecule has 0 saturated carbocycles. The Kier molecular flexibility index (Phi) is 9.57. The Morgan fingerprint density at radius 1 is 0.290 bits per heavy atom. The van der Waals surface area contributed by atoms with Crippen LogP contribution in [0.3, 0.4) is 0 Å². The van der Waals surface area contributed by atoms with Crippen LogP contribution >= 0.6 is 0 Å². The molecule has 0 radical (unpaired) electrons. The molecule has 0 fully saturated rings. The Hall–Kier alpha value is -8.20. The standard InChI is InChI=1S/C60H42N2/c1-4-16-42(17-5-1)44-28-34-50(35-29-44)62(59-39-31-47(43-18-6-2-7-19-43)40-56(59)45-20-8-3-9-21-45)51-36-32-49(33-37-51)61-58-27-15-14-26-54(58)57-41-48-23-11-12-24-52(48)55-38-30-46-22-10-13-25-53(46)60(55)57/h1-41,61H. The van der Waals surface area contributed by atoms with Gasteiger partial charge in [-0.3, -0.25) is 0 Å². The summed E-state index contributed by atoms with van der Waals surface area (Å²) in [7, 11) is 0. The molecule has 2 heteroatoms. The van der Waals surface area contributed by atoms with E-state index in [1.54, 1.807) is 0 Å². The zero-order valence-corrected chi connectivity index (χ0v) is 34.1. The van der Waals surface area contributed by atoms with Gasteiger partial charge in [-0.25, -0.2) is 0 Å². The van der Waals surface area contributed by atoms with Crippen molar-refractivity contribution in [3.05, 3.63) is 249 Å². The minimum Gasteiger partial charge on any atom is -0.355 e. The molecule has 0 aliphatic carbocycles. The lowest BCUT2D eigenvalue weighted by Gasteiger charge is -2.29. The fraction of sp³-hybridized carbons (Fsp3) is 0. The summed E-state index contributed by atoms with van der Waals surface area (Å²) in [6.45, 7) is 0. The zero-order valence-electron chi connectivity index (χ0n) is 34.1. The minimum absolute atomic E-state index is 1.01. The second kappa shape index (κ2) is 16.1. The van der Waals surface area contributed by atoms with E-state index in [0.717, 1.165) is 45.1 Å². The van der Waals surface area contributed by atoms with E-state index in [0.29, 0.717) is 0 Å². The summed E-state index contributed by atoms with van der Waals surface area (Å²) in [6, 6.07) is 89.6. The first-order valence-electron chi connectivity index (χ1n) is 21.3. The molecule has 0 atom stereocenters. The highest BCUT2D eigenvalue weighted by molar-refractivity contribution is 6.23. The normalized spacial score (nSPS) is 11.2. The zero-order chi connectivity index (χ0) is 41.2. The number of benzene rings is 11. The first-order valence-corrected chi connectivity index (χ1v) is 21.3. The third-order valence-corrected chi connectivity index (χ3v) is 12.0. The molecule has 0 saturated heterocycles. The Balaban J connectivity index is 1.02. The molecule has 11 aromatic rings. The Morgan fingerprint density at radius 2 is 0.823 bits per heavy atom. The van der Waals surface area contributed by atoms with Gasteiger partial charge in [-0.05, 0) is 126 Å². The topological polar surface area (TPSA) is 15.3 Å². The quantitative estimate of drug-likeness (QED) is 0.147. The molecule has 62 heavy (non-hydrogen) atoms. The number of anilines is 5. The van der Waals surface area contributed by atoms with Crippen LogP contribution in [0, 0.1) is 0 Å². The molecule has 2 nitrogen and oxygen atoms in total. The van der Waals surface area contributed by atoms with Gasteiger partial charge in [0.25, 0.3) is 0 Å². The largest absolute Gasteiger partial charge is 0.355 e. The van der Waals surface area contributed by atoms with Crippen LogP contribution in [0.2, 0.25) is 0 Å². The Bertz CT molecular complexity index is 3340. The second-order valence-electron chi connectivity index (χ2n) is 15.8. The van der Waals surface area contributed by atoms with Crippen LogP contribution < -0.4 is 10.2 Å². The van der Waals surface area contributed by atoms with Gasteiger partial charge in [-0.2, -0.15) is 0 Å². The van der Waals surface area contributed by atoms with E-state index in [2.05, 4.69) is 259 Å². The van der Waals surface area contributed by atoms with Crippen molar-refractivity contribution in [2.75, 3.05) is 10.2 Å². The number of hydrogen-bond donors (Lipinski definition) is 1. The van der Waals surface area contributed by atoms with Crippen LogP contribution in [0.4, 0.5) is 28.4 Å². The molecule has 292 valence electrons. The molecule has 0 bridgehead atoms. The maximum absolute atomic E-state index is 3.85. The summed E-state index contributed by atoms with van der Waals surface area (Å²) < 4.78 is 0. The first-order chi connectivity index (χ1) is 30.7. The lowest BCUT2D eigenvalue weighted by molar-refractivity contribution is 1.28. The van der Waals surface area contributed by atoms with Crippen molar-refractivity contribution in [3.8, 4) is 44.5 Å². The fourth-order valence-electron chi connectivity index (χ4n) is 9.02. The van der Waals surface area contributed by atoms with Gasteiger partial charge in [0.05, 0.1) is 5.69 Å². The summed E-state index contributed by atoms with van der Waals surface area (Å²) in [5.41, 5.74) is 14.8. The number of hydrogen-bond acceptors (Lipinski definition) is 2. The lowest BCUT2D eigenvalue weighted by atomic mass is 9.89. The van der Waals surface area contributed by atoms with Gasteiger partial charge in [0, 0.05) is 33.9 Å². The fourth-order valence-corrected chi connectivity index (χ4v) is 9.02. The van der Waals surface area contributed by atoms with Crippen LogP contribution in [0.25, 0.3) is 76.8 Å². The number of fused-ring (bicyclic) bond motifs is 5. The molecular weight excluding hydrogens is 749 g/mol. The van der Waals surface area contributed by atoms with Crippen molar-refractivity contribution in [2.45, 2.75) is 0 Å². The van der Waals surface area contributed by atoms with E-state index < -0.39 is 0 Å².